The van der Waals surface area contributed by atoms with Crippen LogP contribution in [0.3, 0.4) is 0 Å². The summed E-state index contributed by atoms with van der Waals surface area (Å²) in [6, 6.07) is 0. The van der Waals surface area contributed by atoms with Crippen LogP contribution in [0.2, 0.25) is 0 Å². The second-order valence-corrected chi connectivity index (χ2v) is 12.1. The minimum atomic E-state index is -1.27. The Morgan fingerprint density at radius 3 is 2.42 bits per heavy atom. The van der Waals surface area contributed by atoms with Gasteiger partial charge in [-0.2, -0.15) is 0 Å². The van der Waals surface area contributed by atoms with E-state index in [0.29, 0.717) is 36.0 Å². The Labute approximate surface area is 189 Å². The Morgan fingerprint density at radius 2 is 1.74 bits per heavy atom. The number of allylic oxidation sites excluding steroid dienone is 4. The van der Waals surface area contributed by atoms with E-state index in [0.717, 1.165) is 19.3 Å². The molecular weight excluding hydrogens is 384 g/mol. The van der Waals surface area contributed by atoms with E-state index in [1.807, 2.05) is 6.08 Å². The summed E-state index contributed by atoms with van der Waals surface area (Å²) in [5.41, 5.74) is 0.994. The van der Waals surface area contributed by atoms with E-state index in [1.54, 1.807) is 0 Å². The summed E-state index contributed by atoms with van der Waals surface area (Å²) in [6.07, 6.45) is 12.9. The van der Waals surface area contributed by atoms with Gasteiger partial charge in [-0.15, -0.1) is 0 Å². The third-order valence-electron chi connectivity index (χ3n) is 10.1. The maximum Gasteiger partial charge on any atom is 0.106 e. The van der Waals surface area contributed by atoms with Crippen molar-refractivity contribution in [3.63, 3.8) is 0 Å². The van der Waals surface area contributed by atoms with Crippen molar-refractivity contribution in [3.05, 3.63) is 35.5 Å². The van der Waals surface area contributed by atoms with Crippen LogP contribution >= 0.6 is 0 Å². The lowest BCUT2D eigenvalue weighted by molar-refractivity contribution is -0.173. The van der Waals surface area contributed by atoms with E-state index in [-0.39, 0.29) is 11.8 Å². The molecule has 0 unspecified atom stereocenters. The summed E-state index contributed by atoms with van der Waals surface area (Å²) in [5.74, 6) is 2.88. The molecule has 3 heteroatoms. The molecule has 0 aromatic heterocycles. The first kappa shape index (κ1) is 23.3. The smallest absolute Gasteiger partial charge is 0.106 e. The molecule has 0 radical (unpaired) electrons. The summed E-state index contributed by atoms with van der Waals surface area (Å²) < 4.78 is 0. The van der Waals surface area contributed by atoms with Crippen LogP contribution in [-0.4, -0.2) is 33.1 Å². The molecule has 31 heavy (non-hydrogen) atoms. The van der Waals surface area contributed by atoms with Gasteiger partial charge in [-0.3, -0.25) is 0 Å². The first-order chi connectivity index (χ1) is 14.4. The molecule has 174 valence electrons. The maximum atomic E-state index is 11.5. The summed E-state index contributed by atoms with van der Waals surface area (Å²) >= 11 is 0. The van der Waals surface area contributed by atoms with Crippen LogP contribution in [0, 0.1) is 40.4 Å². The first-order valence-corrected chi connectivity index (χ1v) is 12.6. The average molecular weight is 429 g/mol. The molecule has 2 fully saturated rings. The van der Waals surface area contributed by atoms with Crippen molar-refractivity contribution in [2.24, 2.45) is 40.4 Å². The number of aliphatic hydroxyl groups excluding tert-OH is 2. The van der Waals surface area contributed by atoms with E-state index in [4.69, 9.17) is 0 Å². The first-order valence-electron chi connectivity index (χ1n) is 12.6. The SMILES string of the molecule is CC(C)[C@@H](C)/C=C/[C@@H](C)[C@H]1CC[C@H]2C3=C[C@@H](O)[C@@]4(O)C[C@@H](O)CC[C@]4(C)C3=CC[C@]12C. The Balaban J connectivity index is 1.65. The predicted molar refractivity (Wildman–Crippen MR) is 126 cm³/mol. The van der Waals surface area contributed by atoms with Crippen LogP contribution in [0.15, 0.2) is 35.5 Å². The van der Waals surface area contributed by atoms with Crippen LogP contribution in [-0.2, 0) is 0 Å². The second kappa shape index (κ2) is 7.85. The van der Waals surface area contributed by atoms with Crippen molar-refractivity contribution in [2.75, 3.05) is 0 Å². The fourth-order valence-corrected chi connectivity index (χ4v) is 7.50. The molecule has 0 heterocycles. The number of rotatable bonds is 4. The van der Waals surface area contributed by atoms with Crippen molar-refractivity contribution in [3.8, 4) is 0 Å². The molecule has 3 N–H and O–H groups in total. The highest BCUT2D eigenvalue weighted by Gasteiger charge is 2.62. The molecule has 3 nitrogen and oxygen atoms in total. The quantitative estimate of drug-likeness (QED) is 0.524. The van der Waals surface area contributed by atoms with Gasteiger partial charge in [0.1, 0.15) is 11.7 Å². The lowest BCUT2D eigenvalue weighted by Crippen LogP contribution is -2.62. The number of hydrogen-bond acceptors (Lipinski definition) is 3. The van der Waals surface area contributed by atoms with E-state index in [2.05, 4.69) is 59.8 Å². The van der Waals surface area contributed by atoms with Gasteiger partial charge in [0.15, 0.2) is 0 Å². The largest absolute Gasteiger partial charge is 0.393 e. The van der Waals surface area contributed by atoms with Gasteiger partial charge in [-0.05, 0) is 84.3 Å². The lowest BCUT2D eigenvalue weighted by atomic mass is 9.49. The highest BCUT2D eigenvalue weighted by Crippen LogP contribution is 2.65. The summed E-state index contributed by atoms with van der Waals surface area (Å²) in [5, 5.41) is 32.9. The highest BCUT2D eigenvalue weighted by molar-refractivity contribution is 5.50. The van der Waals surface area contributed by atoms with E-state index in [1.165, 1.54) is 17.6 Å². The topological polar surface area (TPSA) is 60.7 Å². The standard InChI is InChI=1S/C28H44O3/c1-17(2)18(3)7-8-19(4)22-9-10-23-21-15-25(30)28(31)16-20(29)11-14-27(28,6)24(21)12-13-26(22,23)5/h7-8,12,15,17-20,22-23,25,29-31H,9-11,13-14,16H2,1-6H3/b8-7+/t18-,19+,20-,22+,23-,25+,26+,27+,28-/m0/s1. The van der Waals surface area contributed by atoms with Crippen molar-refractivity contribution >= 4 is 0 Å². The predicted octanol–water partition coefficient (Wildman–Crippen LogP) is 5.42. The van der Waals surface area contributed by atoms with Crippen LogP contribution in [0.5, 0.6) is 0 Å². The molecule has 0 bridgehead atoms. The van der Waals surface area contributed by atoms with Crippen molar-refractivity contribution in [1.29, 1.82) is 0 Å². The number of hydrogen-bond donors (Lipinski definition) is 3. The van der Waals surface area contributed by atoms with E-state index >= 15 is 0 Å². The molecule has 0 amide bonds. The Morgan fingerprint density at radius 1 is 1.03 bits per heavy atom. The minimum absolute atomic E-state index is 0.194. The van der Waals surface area contributed by atoms with Gasteiger partial charge in [0.2, 0.25) is 0 Å². The van der Waals surface area contributed by atoms with Crippen LogP contribution in [0.25, 0.3) is 0 Å². The molecule has 4 aliphatic carbocycles. The third kappa shape index (κ3) is 3.42. The molecule has 0 aromatic carbocycles. The van der Waals surface area contributed by atoms with Gasteiger partial charge < -0.3 is 15.3 Å². The summed E-state index contributed by atoms with van der Waals surface area (Å²) in [6.45, 7) is 13.8. The molecule has 2 saturated carbocycles. The molecule has 4 rings (SSSR count). The van der Waals surface area contributed by atoms with Gasteiger partial charge in [-0.25, -0.2) is 0 Å². The Hall–Kier alpha value is -0.900. The molecule has 0 saturated heterocycles. The third-order valence-corrected chi connectivity index (χ3v) is 10.1. The van der Waals surface area contributed by atoms with Gasteiger partial charge in [-0.1, -0.05) is 59.8 Å². The molecule has 0 aromatic rings. The average Bonchev–Trinajstić information content (AvgIpc) is 3.05. The monoisotopic (exact) mass is 428 g/mol. The Bertz CT molecular complexity index is 794. The van der Waals surface area contributed by atoms with E-state index in [9.17, 15) is 15.3 Å². The summed E-state index contributed by atoms with van der Waals surface area (Å²) in [7, 11) is 0. The van der Waals surface area contributed by atoms with Crippen LogP contribution in [0.4, 0.5) is 0 Å². The fraction of sp³-hybridized carbons (Fsp3) is 0.786. The van der Waals surface area contributed by atoms with Gasteiger partial charge in [0.05, 0.1) is 6.10 Å². The van der Waals surface area contributed by atoms with Gasteiger partial charge >= 0.3 is 0 Å². The van der Waals surface area contributed by atoms with Crippen molar-refractivity contribution in [1.82, 2.24) is 0 Å². The highest BCUT2D eigenvalue weighted by atomic mass is 16.3. The van der Waals surface area contributed by atoms with Crippen molar-refractivity contribution < 1.29 is 15.3 Å². The van der Waals surface area contributed by atoms with E-state index < -0.39 is 23.2 Å². The maximum absolute atomic E-state index is 11.5. The molecular formula is C28H44O3. The molecule has 4 aliphatic rings. The second-order valence-electron chi connectivity index (χ2n) is 12.1. The molecule has 0 aliphatic heterocycles. The fourth-order valence-electron chi connectivity index (χ4n) is 7.50. The zero-order valence-corrected chi connectivity index (χ0v) is 20.4. The summed E-state index contributed by atoms with van der Waals surface area (Å²) in [4.78, 5) is 0. The van der Waals surface area contributed by atoms with Gasteiger partial charge in [0.25, 0.3) is 0 Å². The van der Waals surface area contributed by atoms with Gasteiger partial charge in [0, 0.05) is 11.8 Å². The molecule has 9 atom stereocenters. The zero-order chi connectivity index (χ0) is 22.8. The number of fused-ring (bicyclic) bond motifs is 5. The molecule has 0 spiro atoms. The van der Waals surface area contributed by atoms with Crippen molar-refractivity contribution in [2.45, 2.75) is 97.9 Å². The number of aliphatic hydroxyl groups is 3. The Kier molecular flexibility index (Phi) is 5.89. The van der Waals surface area contributed by atoms with Crippen LogP contribution < -0.4 is 0 Å². The lowest BCUT2D eigenvalue weighted by Gasteiger charge is -2.58. The van der Waals surface area contributed by atoms with Crippen LogP contribution in [0.1, 0.15) is 80.1 Å². The zero-order valence-electron chi connectivity index (χ0n) is 20.4. The normalized spacial score (nSPS) is 46.8. The minimum Gasteiger partial charge on any atom is -0.393 e.